The van der Waals surface area contributed by atoms with E-state index in [1.807, 2.05) is 11.8 Å². The lowest BCUT2D eigenvalue weighted by Gasteiger charge is -2.34. The standard InChI is InChI=1S/C14H27N3O2.ClH/c1-3-12-9-17(14(18)8-11(2)15)10-13(12)16-4-6-19-7-5-16;/h11-13H,3-10,15H2,1-2H3;1H. The third-order valence-electron chi connectivity index (χ3n) is 4.29. The number of carbonyl (C=O) groups excluding carboxylic acids is 1. The molecule has 2 aliphatic heterocycles. The van der Waals surface area contributed by atoms with E-state index in [1.54, 1.807) is 0 Å². The van der Waals surface area contributed by atoms with Crippen molar-refractivity contribution in [3.05, 3.63) is 0 Å². The summed E-state index contributed by atoms with van der Waals surface area (Å²) in [6, 6.07) is 0.459. The number of nitrogens with zero attached hydrogens (tertiary/aromatic N) is 2. The summed E-state index contributed by atoms with van der Waals surface area (Å²) in [4.78, 5) is 16.7. The number of ether oxygens (including phenoxy) is 1. The monoisotopic (exact) mass is 305 g/mol. The zero-order chi connectivity index (χ0) is 13.8. The molecule has 1 amide bonds. The summed E-state index contributed by atoms with van der Waals surface area (Å²) in [5.74, 6) is 0.805. The molecule has 5 nitrogen and oxygen atoms in total. The van der Waals surface area contributed by atoms with Crippen molar-refractivity contribution >= 4 is 18.3 Å². The molecule has 0 aromatic rings. The Labute approximate surface area is 128 Å². The van der Waals surface area contributed by atoms with Crippen LogP contribution in [0.1, 0.15) is 26.7 Å². The minimum absolute atomic E-state index is 0. The minimum atomic E-state index is -0.0463. The van der Waals surface area contributed by atoms with Crippen LogP contribution >= 0.6 is 12.4 Å². The van der Waals surface area contributed by atoms with Gasteiger partial charge in [-0.15, -0.1) is 12.4 Å². The third kappa shape index (κ3) is 4.32. The first-order valence-corrected chi connectivity index (χ1v) is 7.47. The van der Waals surface area contributed by atoms with Gasteiger partial charge >= 0.3 is 0 Å². The molecule has 3 atom stereocenters. The quantitative estimate of drug-likeness (QED) is 0.831. The second-order valence-corrected chi connectivity index (χ2v) is 5.86. The van der Waals surface area contributed by atoms with Gasteiger partial charge in [0.15, 0.2) is 0 Å². The van der Waals surface area contributed by atoms with Crippen molar-refractivity contribution in [2.24, 2.45) is 11.7 Å². The van der Waals surface area contributed by atoms with Gasteiger partial charge < -0.3 is 15.4 Å². The Morgan fingerprint density at radius 1 is 1.35 bits per heavy atom. The SMILES string of the molecule is CCC1CN(C(=O)CC(C)N)CC1N1CCOCC1.Cl. The highest BCUT2D eigenvalue weighted by Crippen LogP contribution is 2.26. The molecule has 2 heterocycles. The lowest BCUT2D eigenvalue weighted by atomic mass is 9.99. The van der Waals surface area contributed by atoms with Gasteiger partial charge in [-0.3, -0.25) is 9.69 Å². The molecule has 118 valence electrons. The number of rotatable bonds is 4. The Morgan fingerprint density at radius 3 is 2.55 bits per heavy atom. The Kier molecular flexibility index (Phi) is 7.23. The maximum Gasteiger partial charge on any atom is 0.224 e. The average molecular weight is 306 g/mol. The van der Waals surface area contributed by atoms with E-state index >= 15 is 0 Å². The first-order chi connectivity index (χ1) is 9.11. The molecule has 2 fully saturated rings. The summed E-state index contributed by atoms with van der Waals surface area (Å²) in [5.41, 5.74) is 5.73. The van der Waals surface area contributed by atoms with E-state index < -0.39 is 0 Å². The molecule has 0 aliphatic carbocycles. The number of halogens is 1. The molecular weight excluding hydrogens is 278 g/mol. The molecule has 2 aliphatic rings. The van der Waals surface area contributed by atoms with Gasteiger partial charge in [-0.25, -0.2) is 0 Å². The Hall–Kier alpha value is -0.360. The second kappa shape index (κ2) is 8.17. The Balaban J connectivity index is 0.00000200. The zero-order valence-corrected chi connectivity index (χ0v) is 13.4. The maximum absolute atomic E-state index is 12.1. The van der Waals surface area contributed by atoms with Gasteiger partial charge in [-0.2, -0.15) is 0 Å². The van der Waals surface area contributed by atoms with Crippen LogP contribution in [0.3, 0.4) is 0 Å². The largest absolute Gasteiger partial charge is 0.379 e. The van der Waals surface area contributed by atoms with E-state index in [-0.39, 0.29) is 24.4 Å². The van der Waals surface area contributed by atoms with Crippen LogP contribution in [0.25, 0.3) is 0 Å². The number of hydrogen-bond donors (Lipinski definition) is 1. The van der Waals surface area contributed by atoms with Crippen LogP contribution in [-0.4, -0.2) is 67.2 Å². The molecule has 0 saturated carbocycles. The number of morpholine rings is 1. The van der Waals surface area contributed by atoms with E-state index in [0.29, 0.717) is 18.4 Å². The van der Waals surface area contributed by atoms with Crippen LogP contribution < -0.4 is 5.73 Å². The molecule has 0 spiro atoms. The van der Waals surface area contributed by atoms with Gasteiger partial charge in [0.2, 0.25) is 5.91 Å². The molecule has 2 N–H and O–H groups in total. The predicted octanol–water partition coefficient (Wildman–Crippen LogP) is 0.715. The fraction of sp³-hybridized carbons (Fsp3) is 0.929. The topological polar surface area (TPSA) is 58.8 Å². The zero-order valence-electron chi connectivity index (χ0n) is 12.6. The van der Waals surface area contributed by atoms with E-state index in [2.05, 4.69) is 11.8 Å². The van der Waals surface area contributed by atoms with E-state index in [1.165, 1.54) is 0 Å². The fourth-order valence-corrected chi connectivity index (χ4v) is 3.19. The Morgan fingerprint density at radius 2 is 2.00 bits per heavy atom. The highest BCUT2D eigenvalue weighted by molar-refractivity contribution is 5.85. The summed E-state index contributed by atoms with van der Waals surface area (Å²) in [7, 11) is 0. The number of carbonyl (C=O) groups is 1. The summed E-state index contributed by atoms with van der Waals surface area (Å²) in [6.07, 6.45) is 1.59. The number of likely N-dealkylation sites (tertiary alicyclic amines) is 1. The number of amides is 1. The molecule has 0 bridgehead atoms. The van der Waals surface area contributed by atoms with Crippen LogP contribution in [0.2, 0.25) is 0 Å². The summed E-state index contributed by atoms with van der Waals surface area (Å²) in [5, 5.41) is 0. The van der Waals surface area contributed by atoms with E-state index in [9.17, 15) is 4.79 Å². The first-order valence-electron chi connectivity index (χ1n) is 7.47. The summed E-state index contributed by atoms with van der Waals surface area (Å²) < 4.78 is 5.42. The second-order valence-electron chi connectivity index (χ2n) is 5.86. The fourth-order valence-electron chi connectivity index (χ4n) is 3.19. The molecule has 2 rings (SSSR count). The van der Waals surface area contributed by atoms with Crippen molar-refractivity contribution in [1.82, 2.24) is 9.80 Å². The lowest BCUT2D eigenvalue weighted by Crippen LogP contribution is -2.47. The highest BCUT2D eigenvalue weighted by atomic mass is 35.5. The van der Waals surface area contributed by atoms with Gasteiger partial charge in [-0.05, 0) is 12.8 Å². The van der Waals surface area contributed by atoms with Crippen LogP contribution in [0.15, 0.2) is 0 Å². The maximum atomic E-state index is 12.1. The molecule has 0 aromatic carbocycles. The van der Waals surface area contributed by atoms with Crippen molar-refractivity contribution in [3.8, 4) is 0 Å². The predicted molar refractivity (Wildman–Crippen MR) is 82.1 cm³/mol. The Bertz CT molecular complexity index is 309. The van der Waals surface area contributed by atoms with Gasteiger partial charge in [0.05, 0.1) is 13.2 Å². The summed E-state index contributed by atoms with van der Waals surface area (Å²) >= 11 is 0. The molecular formula is C14H28ClN3O2. The van der Waals surface area contributed by atoms with Crippen molar-refractivity contribution in [2.45, 2.75) is 38.8 Å². The van der Waals surface area contributed by atoms with Crippen LogP contribution in [-0.2, 0) is 9.53 Å². The van der Waals surface area contributed by atoms with Gasteiger partial charge in [-0.1, -0.05) is 13.3 Å². The number of hydrogen-bond acceptors (Lipinski definition) is 4. The third-order valence-corrected chi connectivity index (χ3v) is 4.29. The van der Waals surface area contributed by atoms with Crippen molar-refractivity contribution in [2.75, 3.05) is 39.4 Å². The van der Waals surface area contributed by atoms with Crippen molar-refractivity contribution < 1.29 is 9.53 Å². The molecule has 2 saturated heterocycles. The smallest absolute Gasteiger partial charge is 0.224 e. The van der Waals surface area contributed by atoms with Gasteiger partial charge in [0, 0.05) is 44.7 Å². The van der Waals surface area contributed by atoms with Crippen LogP contribution in [0, 0.1) is 5.92 Å². The summed E-state index contributed by atoms with van der Waals surface area (Å²) in [6.45, 7) is 9.50. The normalized spacial score (nSPS) is 29.1. The first kappa shape index (κ1) is 17.7. The molecule has 0 radical (unpaired) electrons. The van der Waals surface area contributed by atoms with E-state index in [0.717, 1.165) is 45.8 Å². The molecule has 20 heavy (non-hydrogen) atoms. The molecule has 6 heteroatoms. The van der Waals surface area contributed by atoms with Crippen molar-refractivity contribution in [1.29, 1.82) is 0 Å². The highest BCUT2D eigenvalue weighted by Gasteiger charge is 2.37. The van der Waals surface area contributed by atoms with Crippen LogP contribution in [0.5, 0.6) is 0 Å². The average Bonchev–Trinajstić information content (AvgIpc) is 2.83. The van der Waals surface area contributed by atoms with Crippen molar-refractivity contribution in [3.63, 3.8) is 0 Å². The van der Waals surface area contributed by atoms with Gasteiger partial charge in [0.25, 0.3) is 0 Å². The molecule has 0 aromatic heterocycles. The van der Waals surface area contributed by atoms with Crippen LogP contribution in [0.4, 0.5) is 0 Å². The minimum Gasteiger partial charge on any atom is -0.379 e. The van der Waals surface area contributed by atoms with Gasteiger partial charge in [0.1, 0.15) is 0 Å². The molecule has 3 unspecified atom stereocenters. The lowest BCUT2D eigenvalue weighted by molar-refractivity contribution is -0.130. The van der Waals surface area contributed by atoms with E-state index in [4.69, 9.17) is 10.5 Å². The number of nitrogens with two attached hydrogens (primary N) is 1.